The number of aromatic nitrogens is 4. The molecule has 0 aliphatic carbocycles. The summed E-state index contributed by atoms with van der Waals surface area (Å²) < 4.78 is 1.54. The van der Waals surface area contributed by atoms with Gasteiger partial charge in [-0.25, -0.2) is 4.68 Å². The molecule has 3 rings (SSSR count). The van der Waals surface area contributed by atoms with Gasteiger partial charge < -0.3 is 10.6 Å². The molecule has 0 bridgehead atoms. The fourth-order valence-electron chi connectivity index (χ4n) is 2.38. The zero-order valence-corrected chi connectivity index (χ0v) is 11.2. The van der Waals surface area contributed by atoms with E-state index < -0.39 is 0 Å². The average molecular weight is 272 g/mol. The van der Waals surface area contributed by atoms with Crippen LogP contribution in [0.4, 0.5) is 0 Å². The van der Waals surface area contributed by atoms with Gasteiger partial charge >= 0.3 is 0 Å². The topological polar surface area (TPSA) is 89.9 Å². The molecular weight excluding hydrogens is 256 g/mol. The van der Waals surface area contributed by atoms with Gasteiger partial charge in [-0.1, -0.05) is 6.92 Å². The lowest BCUT2D eigenvalue weighted by molar-refractivity contribution is 0.0787. The molecule has 7 heteroatoms. The van der Waals surface area contributed by atoms with E-state index in [2.05, 4.69) is 22.4 Å². The van der Waals surface area contributed by atoms with Crippen LogP contribution in [0.3, 0.4) is 0 Å². The summed E-state index contributed by atoms with van der Waals surface area (Å²) in [5.74, 6) is 0.368. The van der Waals surface area contributed by atoms with E-state index in [0.717, 1.165) is 12.2 Å². The Labute approximate surface area is 116 Å². The largest absolute Gasteiger partial charge is 0.337 e. The number of nitrogens with zero attached hydrogens (tertiary/aromatic N) is 5. The molecule has 2 unspecified atom stereocenters. The maximum atomic E-state index is 12.4. The van der Waals surface area contributed by atoms with E-state index in [1.807, 2.05) is 12.1 Å². The summed E-state index contributed by atoms with van der Waals surface area (Å²) in [6.45, 7) is 3.41. The van der Waals surface area contributed by atoms with Crippen molar-refractivity contribution in [3.63, 3.8) is 0 Å². The summed E-state index contributed by atoms with van der Waals surface area (Å²) in [4.78, 5) is 14.2. The Morgan fingerprint density at radius 1 is 1.30 bits per heavy atom. The standard InChI is InChI=1S/C13H16N6O/c1-9-6-18(7-12(9)14)13(20)10-2-4-11(5-3-10)19-8-15-16-17-19/h2-5,8-9,12H,6-7,14H2,1H3. The molecule has 1 aromatic heterocycles. The van der Waals surface area contributed by atoms with Crippen molar-refractivity contribution < 1.29 is 4.79 Å². The van der Waals surface area contributed by atoms with Crippen LogP contribution in [0.15, 0.2) is 30.6 Å². The molecule has 1 aromatic carbocycles. The Kier molecular flexibility index (Phi) is 3.19. The smallest absolute Gasteiger partial charge is 0.253 e. The number of amides is 1. The van der Waals surface area contributed by atoms with Gasteiger partial charge in [-0.05, 0) is 40.6 Å². The quantitative estimate of drug-likeness (QED) is 0.836. The van der Waals surface area contributed by atoms with Crippen LogP contribution in [-0.2, 0) is 0 Å². The second kappa shape index (κ2) is 5.01. The number of hydrogen-bond donors (Lipinski definition) is 1. The first-order chi connectivity index (χ1) is 9.65. The number of hydrogen-bond acceptors (Lipinski definition) is 5. The van der Waals surface area contributed by atoms with Gasteiger partial charge in [0.2, 0.25) is 0 Å². The molecule has 2 atom stereocenters. The molecule has 1 aliphatic rings. The lowest BCUT2D eigenvalue weighted by Crippen LogP contribution is -2.32. The molecule has 1 aliphatic heterocycles. The average Bonchev–Trinajstić information content (AvgIpc) is 3.09. The van der Waals surface area contributed by atoms with Crippen molar-refractivity contribution in [3.8, 4) is 5.69 Å². The van der Waals surface area contributed by atoms with Crippen LogP contribution in [0.1, 0.15) is 17.3 Å². The van der Waals surface area contributed by atoms with E-state index in [1.165, 1.54) is 6.33 Å². The molecule has 1 amide bonds. The molecule has 0 saturated carbocycles. The number of carbonyl (C=O) groups excluding carboxylic acids is 1. The molecule has 0 spiro atoms. The summed E-state index contributed by atoms with van der Waals surface area (Å²) in [5.41, 5.74) is 7.43. The van der Waals surface area contributed by atoms with Crippen molar-refractivity contribution >= 4 is 5.91 Å². The molecule has 1 fully saturated rings. The van der Waals surface area contributed by atoms with Gasteiger partial charge in [-0.3, -0.25) is 4.79 Å². The van der Waals surface area contributed by atoms with Crippen molar-refractivity contribution in [3.05, 3.63) is 36.2 Å². The predicted molar refractivity (Wildman–Crippen MR) is 72.2 cm³/mol. The van der Waals surface area contributed by atoms with E-state index in [-0.39, 0.29) is 11.9 Å². The molecule has 0 radical (unpaired) electrons. The van der Waals surface area contributed by atoms with Gasteiger partial charge in [-0.15, -0.1) is 5.10 Å². The zero-order chi connectivity index (χ0) is 14.1. The zero-order valence-electron chi connectivity index (χ0n) is 11.2. The Bertz CT molecular complexity index is 584. The number of carbonyl (C=O) groups is 1. The minimum atomic E-state index is 0.0214. The van der Waals surface area contributed by atoms with Crippen molar-refractivity contribution in [2.75, 3.05) is 13.1 Å². The molecule has 1 saturated heterocycles. The van der Waals surface area contributed by atoms with Gasteiger partial charge in [0.05, 0.1) is 5.69 Å². The first-order valence-electron chi connectivity index (χ1n) is 6.53. The van der Waals surface area contributed by atoms with Gasteiger partial charge in [0, 0.05) is 24.7 Å². The monoisotopic (exact) mass is 272 g/mol. The van der Waals surface area contributed by atoms with Crippen molar-refractivity contribution in [1.29, 1.82) is 0 Å². The Morgan fingerprint density at radius 3 is 2.60 bits per heavy atom. The number of likely N-dealkylation sites (tertiary alicyclic amines) is 1. The Balaban J connectivity index is 1.76. The van der Waals surface area contributed by atoms with Crippen LogP contribution in [0.5, 0.6) is 0 Å². The highest BCUT2D eigenvalue weighted by atomic mass is 16.2. The summed E-state index contributed by atoms with van der Waals surface area (Å²) in [5, 5.41) is 11.0. The molecule has 104 valence electrons. The van der Waals surface area contributed by atoms with Crippen LogP contribution < -0.4 is 5.73 Å². The minimum Gasteiger partial charge on any atom is -0.337 e. The minimum absolute atomic E-state index is 0.0214. The number of rotatable bonds is 2. The van der Waals surface area contributed by atoms with Crippen LogP contribution >= 0.6 is 0 Å². The van der Waals surface area contributed by atoms with Crippen LogP contribution in [0.25, 0.3) is 5.69 Å². The second-order valence-electron chi connectivity index (χ2n) is 5.15. The number of benzene rings is 1. The van der Waals surface area contributed by atoms with Crippen LogP contribution in [0.2, 0.25) is 0 Å². The maximum absolute atomic E-state index is 12.4. The van der Waals surface area contributed by atoms with Crippen molar-refractivity contribution in [1.82, 2.24) is 25.1 Å². The van der Waals surface area contributed by atoms with Crippen LogP contribution in [0, 0.1) is 5.92 Å². The third-order valence-electron chi connectivity index (χ3n) is 3.69. The summed E-state index contributed by atoms with van der Waals surface area (Å²) in [7, 11) is 0. The SMILES string of the molecule is CC1CN(C(=O)c2ccc(-n3cnnn3)cc2)CC1N. The third-order valence-corrected chi connectivity index (χ3v) is 3.69. The Morgan fingerprint density at radius 2 is 2.05 bits per heavy atom. The Hall–Kier alpha value is -2.28. The van der Waals surface area contributed by atoms with E-state index in [4.69, 9.17) is 5.73 Å². The van der Waals surface area contributed by atoms with Gasteiger partial charge in [0.25, 0.3) is 5.91 Å². The highest BCUT2D eigenvalue weighted by Crippen LogP contribution is 2.18. The molecule has 2 heterocycles. The molecule has 2 aromatic rings. The molecule has 7 nitrogen and oxygen atoms in total. The third kappa shape index (κ3) is 2.27. The van der Waals surface area contributed by atoms with E-state index in [9.17, 15) is 4.79 Å². The first-order valence-corrected chi connectivity index (χ1v) is 6.53. The fourth-order valence-corrected chi connectivity index (χ4v) is 2.38. The molecule has 20 heavy (non-hydrogen) atoms. The van der Waals surface area contributed by atoms with Crippen LogP contribution in [-0.4, -0.2) is 50.1 Å². The predicted octanol–water partition coefficient (Wildman–Crippen LogP) is 0.0815. The van der Waals surface area contributed by atoms with Gasteiger partial charge in [-0.2, -0.15) is 0 Å². The van der Waals surface area contributed by atoms with E-state index in [1.54, 1.807) is 21.7 Å². The molecule has 2 N–H and O–H groups in total. The fraction of sp³-hybridized carbons (Fsp3) is 0.385. The van der Waals surface area contributed by atoms with Gasteiger partial charge in [0.1, 0.15) is 6.33 Å². The number of nitrogens with two attached hydrogens (primary N) is 1. The summed E-state index contributed by atoms with van der Waals surface area (Å²) in [6, 6.07) is 7.28. The molecular formula is C13H16N6O. The van der Waals surface area contributed by atoms with Crippen molar-refractivity contribution in [2.24, 2.45) is 11.7 Å². The van der Waals surface area contributed by atoms with Crippen molar-refractivity contribution in [2.45, 2.75) is 13.0 Å². The number of tetrazole rings is 1. The highest BCUT2D eigenvalue weighted by Gasteiger charge is 2.30. The lowest BCUT2D eigenvalue weighted by Gasteiger charge is -2.16. The lowest BCUT2D eigenvalue weighted by atomic mass is 10.1. The van der Waals surface area contributed by atoms with Gasteiger partial charge in [0.15, 0.2) is 0 Å². The highest BCUT2D eigenvalue weighted by molar-refractivity contribution is 5.94. The maximum Gasteiger partial charge on any atom is 0.253 e. The summed E-state index contributed by atoms with van der Waals surface area (Å²) in [6.07, 6.45) is 1.51. The van der Waals surface area contributed by atoms with E-state index in [0.29, 0.717) is 18.0 Å². The second-order valence-corrected chi connectivity index (χ2v) is 5.15. The normalized spacial score (nSPS) is 22.2. The first kappa shape index (κ1) is 12.7. The summed E-state index contributed by atoms with van der Waals surface area (Å²) >= 11 is 0. The van der Waals surface area contributed by atoms with E-state index >= 15 is 0 Å².